The van der Waals surface area contributed by atoms with E-state index in [1.807, 2.05) is 6.26 Å². The highest BCUT2D eigenvalue weighted by Crippen LogP contribution is 2.22. The summed E-state index contributed by atoms with van der Waals surface area (Å²) in [4.78, 5) is 0. The van der Waals surface area contributed by atoms with Crippen molar-refractivity contribution in [2.24, 2.45) is 0 Å². The summed E-state index contributed by atoms with van der Waals surface area (Å²) >= 11 is 0. The zero-order valence-electron chi connectivity index (χ0n) is 13.5. The van der Waals surface area contributed by atoms with Gasteiger partial charge in [-0.1, -0.05) is 45.0 Å². The Morgan fingerprint density at radius 1 is 1.11 bits per heavy atom. The van der Waals surface area contributed by atoms with E-state index < -0.39 is 8.32 Å². The molecular formula is C17H28OSi. The Hall–Kier alpha value is -1.02. The first kappa shape index (κ1) is 16.0. The van der Waals surface area contributed by atoms with Crippen LogP contribution in [0.3, 0.4) is 0 Å². The minimum atomic E-state index is -1.45. The van der Waals surface area contributed by atoms with Crippen LogP contribution in [0, 0.1) is 0 Å². The summed E-state index contributed by atoms with van der Waals surface area (Å²) in [5, 5.41) is 0. The Morgan fingerprint density at radius 3 is 2.05 bits per heavy atom. The highest BCUT2D eigenvalue weighted by molar-refractivity contribution is 6.69. The third kappa shape index (κ3) is 6.10. The number of hydrogen-bond donors (Lipinski definition) is 0. The van der Waals surface area contributed by atoms with Crippen LogP contribution >= 0.6 is 0 Å². The van der Waals surface area contributed by atoms with Crippen molar-refractivity contribution >= 4 is 8.32 Å². The summed E-state index contributed by atoms with van der Waals surface area (Å²) in [6, 6.07) is 8.93. The topological polar surface area (TPSA) is 9.23 Å². The van der Waals surface area contributed by atoms with E-state index in [1.165, 1.54) is 16.7 Å². The van der Waals surface area contributed by atoms with Gasteiger partial charge in [0.25, 0.3) is 0 Å². The standard InChI is InChI=1S/C17H28OSi/c1-14(13-18-19(5,6)7)12-15-8-10-16(11-9-15)17(2,3)4/h8-11,13H,12H2,1-7H3/b14-13+. The second-order valence-corrected chi connectivity index (χ2v) is 11.8. The Balaban J connectivity index is 2.68. The maximum atomic E-state index is 5.82. The number of benzene rings is 1. The smallest absolute Gasteiger partial charge is 0.241 e. The SMILES string of the molecule is C/C(=C\O[Si](C)(C)C)Cc1ccc(C(C)(C)C)cc1. The molecule has 0 saturated heterocycles. The molecule has 0 amide bonds. The van der Waals surface area contributed by atoms with Crippen LogP contribution in [-0.2, 0) is 16.3 Å². The summed E-state index contributed by atoms with van der Waals surface area (Å²) in [7, 11) is -1.45. The molecule has 0 aliphatic heterocycles. The molecule has 1 nitrogen and oxygen atoms in total. The molecule has 1 aromatic carbocycles. The van der Waals surface area contributed by atoms with E-state index in [0.717, 1.165) is 6.42 Å². The average molecular weight is 276 g/mol. The summed E-state index contributed by atoms with van der Waals surface area (Å²) in [6.45, 7) is 15.5. The summed E-state index contributed by atoms with van der Waals surface area (Å²) < 4.78 is 5.82. The van der Waals surface area contributed by atoms with Gasteiger partial charge < -0.3 is 4.43 Å². The van der Waals surface area contributed by atoms with Crippen molar-refractivity contribution in [3.8, 4) is 0 Å². The van der Waals surface area contributed by atoms with Crippen LogP contribution in [0.2, 0.25) is 19.6 Å². The lowest BCUT2D eigenvalue weighted by Crippen LogP contribution is -2.22. The average Bonchev–Trinajstić information content (AvgIpc) is 2.25. The van der Waals surface area contributed by atoms with E-state index in [-0.39, 0.29) is 5.41 Å². The molecule has 0 fully saturated rings. The van der Waals surface area contributed by atoms with Crippen LogP contribution in [0.25, 0.3) is 0 Å². The molecule has 0 radical (unpaired) electrons. The second kappa shape index (κ2) is 5.95. The first-order chi connectivity index (χ1) is 8.58. The molecular weight excluding hydrogens is 248 g/mol. The number of hydrogen-bond acceptors (Lipinski definition) is 1. The van der Waals surface area contributed by atoms with Gasteiger partial charge in [-0.05, 0) is 55.1 Å². The minimum absolute atomic E-state index is 0.227. The van der Waals surface area contributed by atoms with Gasteiger partial charge >= 0.3 is 0 Å². The number of rotatable bonds is 4. The van der Waals surface area contributed by atoms with Gasteiger partial charge in [0.2, 0.25) is 8.32 Å². The zero-order valence-corrected chi connectivity index (χ0v) is 14.5. The summed E-state index contributed by atoms with van der Waals surface area (Å²) in [5.74, 6) is 0. The van der Waals surface area contributed by atoms with Crippen molar-refractivity contribution in [2.75, 3.05) is 0 Å². The summed E-state index contributed by atoms with van der Waals surface area (Å²) in [5.41, 5.74) is 4.24. The Morgan fingerprint density at radius 2 is 1.63 bits per heavy atom. The Labute approximate surface area is 119 Å². The van der Waals surface area contributed by atoms with E-state index in [9.17, 15) is 0 Å². The molecule has 0 unspecified atom stereocenters. The van der Waals surface area contributed by atoms with E-state index in [4.69, 9.17) is 4.43 Å². The molecule has 0 heterocycles. The van der Waals surface area contributed by atoms with Gasteiger partial charge in [-0.25, -0.2) is 0 Å². The molecule has 0 bridgehead atoms. The fourth-order valence-electron chi connectivity index (χ4n) is 1.76. The molecule has 0 aliphatic rings. The lowest BCUT2D eigenvalue weighted by atomic mass is 9.86. The van der Waals surface area contributed by atoms with Crippen molar-refractivity contribution < 1.29 is 4.43 Å². The normalized spacial score (nSPS) is 13.5. The predicted molar refractivity (Wildman–Crippen MR) is 87.0 cm³/mol. The highest BCUT2D eigenvalue weighted by atomic mass is 28.4. The van der Waals surface area contributed by atoms with Gasteiger partial charge in [0.1, 0.15) is 0 Å². The zero-order chi connectivity index (χ0) is 14.7. The van der Waals surface area contributed by atoms with Gasteiger partial charge in [0.15, 0.2) is 0 Å². The fourth-order valence-corrected chi connectivity index (χ4v) is 2.32. The monoisotopic (exact) mass is 276 g/mol. The lowest BCUT2D eigenvalue weighted by Gasteiger charge is -2.19. The van der Waals surface area contributed by atoms with E-state index in [0.29, 0.717) is 0 Å². The van der Waals surface area contributed by atoms with Crippen LogP contribution in [0.15, 0.2) is 36.1 Å². The maximum absolute atomic E-state index is 5.82. The minimum Gasteiger partial charge on any atom is -0.550 e. The van der Waals surface area contributed by atoms with Crippen LogP contribution in [0.4, 0.5) is 0 Å². The van der Waals surface area contributed by atoms with Gasteiger partial charge in [-0.2, -0.15) is 0 Å². The van der Waals surface area contributed by atoms with Crippen LogP contribution in [-0.4, -0.2) is 8.32 Å². The Kier molecular flexibility index (Phi) is 5.02. The van der Waals surface area contributed by atoms with Crippen LogP contribution < -0.4 is 0 Å². The third-order valence-corrected chi connectivity index (χ3v) is 3.74. The van der Waals surface area contributed by atoms with Gasteiger partial charge in [-0.3, -0.25) is 0 Å². The summed E-state index contributed by atoms with van der Waals surface area (Å²) in [6.07, 6.45) is 2.92. The molecule has 1 aromatic rings. The molecule has 2 heteroatoms. The van der Waals surface area contributed by atoms with E-state index >= 15 is 0 Å². The van der Waals surface area contributed by atoms with Crippen molar-refractivity contribution in [2.45, 2.75) is 59.2 Å². The molecule has 0 aromatic heterocycles. The quantitative estimate of drug-likeness (QED) is 0.537. The second-order valence-electron chi connectivity index (χ2n) is 7.32. The van der Waals surface area contributed by atoms with Crippen molar-refractivity contribution in [1.29, 1.82) is 0 Å². The van der Waals surface area contributed by atoms with Crippen molar-refractivity contribution in [1.82, 2.24) is 0 Å². The molecule has 106 valence electrons. The molecule has 0 atom stereocenters. The van der Waals surface area contributed by atoms with E-state index in [1.54, 1.807) is 0 Å². The molecule has 0 aliphatic carbocycles. The highest BCUT2D eigenvalue weighted by Gasteiger charge is 2.14. The predicted octanol–water partition coefficient (Wildman–Crippen LogP) is 5.28. The van der Waals surface area contributed by atoms with Crippen molar-refractivity contribution in [3.63, 3.8) is 0 Å². The van der Waals surface area contributed by atoms with Gasteiger partial charge in [0, 0.05) is 0 Å². The number of allylic oxidation sites excluding steroid dienone is 1. The largest absolute Gasteiger partial charge is 0.550 e. The molecule has 0 saturated carbocycles. The van der Waals surface area contributed by atoms with Crippen molar-refractivity contribution in [3.05, 3.63) is 47.2 Å². The molecule has 1 rings (SSSR count). The van der Waals surface area contributed by atoms with E-state index in [2.05, 4.69) is 71.6 Å². The lowest BCUT2D eigenvalue weighted by molar-refractivity contribution is 0.472. The molecule has 0 spiro atoms. The molecule has 19 heavy (non-hydrogen) atoms. The first-order valence-corrected chi connectivity index (χ1v) is 10.4. The Bertz CT molecular complexity index is 430. The molecule has 0 N–H and O–H groups in total. The fraction of sp³-hybridized carbons (Fsp3) is 0.529. The first-order valence-electron chi connectivity index (χ1n) is 7.01. The van der Waals surface area contributed by atoms with Gasteiger partial charge in [0.05, 0.1) is 6.26 Å². The third-order valence-electron chi connectivity index (χ3n) is 2.92. The van der Waals surface area contributed by atoms with Gasteiger partial charge in [-0.15, -0.1) is 0 Å². The van der Waals surface area contributed by atoms with Crippen LogP contribution in [0.5, 0.6) is 0 Å². The van der Waals surface area contributed by atoms with Crippen LogP contribution in [0.1, 0.15) is 38.8 Å². The maximum Gasteiger partial charge on any atom is 0.241 e.